The number of carbonyl (C=O) groups excluding carboxylic acids is 1. The van der Waals surface area contributed by atoms with E-state index in [1.54, 1.807) is 0 Å². The van der Waals surface area contributed by atoms with Gasteiger partial charge in [0.25, 0.3) is 0 Å². The second kappa shape index (κ2) is 6.94. The van der Waals surface area contributed by atoms with Crippen molar-refractivity contribution in [2.75, 3.05) is 24.6 Å². The van der Waals surface area contributed by atoms with Crippen molar-refractivity contribution in [1.82, 2.24) is 4.90 Å². The first kappa shape index (κ1) is 15.8. The topological polar surface area (TPSA) is 58.4 Å². The molecule has 0 bridgehead atoms. The van der Waals surface area contributed by atoms with E-state index in [9.17, 15) is 4.79 Å². The Bertz CT molecular complexity index is 495. The average molecular weight is 289 g/mol. The van der Waals surface area contributed by atoms with Gasteiger partial charge in [-0.3, -0.25) is 9.69 Å². The molecule has 0 aliphatic heterocycles. The van der Waals surface area contributed by atoms with Gasteiger partial charge >= 0.3 is 0 Å². The molecule has 1 aliphatic rings. The lowest BCUT2D eigenvalue weighted by Gasteiger charge is -2.26. The number of hydrogen-bond acceptors (Lipinski definition) is 3. The Balaban J connectivity index is 1.93. The summed E-state index contributed by atoms with van der Waals surface area (Å²) in [5, 5.41) is 3.00. The number of carbonyl (C=O) groups is 1. The molecule has 1 aliphatic carbocycles. The largest absolute Gasteiger partial charge is 0.399 e. The third kappa shape index (κ3) is 4.21. The highest BCUT2D eigenvalue weighted by atomic mass is 16.2. The Morgan fingerprint density at radius 2 is 2.10 bits per heavy atom. The number of nitrogens with one attached hydrogen (secondary N) is 1. The van der Waals surface area contributed by atoms with Crippen molar-refractivity contribution < 1.29 is 4.79 Å². The van der Waals surface area contributed by atoms with Gasteiger partial charge in [0, 0.05) is 17.9 Å². The maximum Gasteiger partial charge on any atom is 0.241 e. The highest BCUT2D eigenvalue weighted by molar-refractivity contribution is 5.95. The summed E-state index contributed by atoms with van der Waals surface area (Å²) >= 11 is 0. The van der Waals surface area contributed by atoms with E-state index in [-0.39, 0.29) is 11.9 Å². The van der Waals surface area contributed by atoms with E-state index in [0.29, 0.717) is 5.69 Å². The van der Waals surface area contributed by atoms with Crippen LogP contribution in [0.4, 0.5) is 11.4 Å². The number of nitrogens with two attached hydrogens (primary N) is 1. The van der Waals surface area contributed by atoms with Gasteiger partial charge in [-0.15, -0.1) is 0 Å². The summed E-state index contributed by atoms with van der Waals surface area (Å²) in [5.74, 6) is 0.781. The van der Waals surface area contributed by atoms with E-state index in [2.05, 4.69) is 10.2 Å². The molecule has 0 radical (unpaired) electrons. The molecule has 4 nitrogen and oxygen atoms in total. The fraction of sp³-hybridized carbons (Fsp3) is 0.588. The van der Waals surface area contributed by atoms with E-state index in [0.717, 1.165) is 23.7 Å². The smallest absolute Gasteiger partial charge is 0.241 e. The first-order valence-electron chi connectivity index (χ1n) is 7.84. The predicted molar refractivity (Wildman–Crippen MR) is 88.3 cm³/mol. The van der Waals surface area contributed by atoms with Gasteiger partial charge in [0.15, 0.2) is 0 Å². The number of likely N-dealkylation sites (N-methyl/N-ethyl adjacent to an activating group) is 1. The predicted octanol–water partition coefficient (Wildman–Crippen LogP) is 3.03. The number of aryl methyl sites for hydroxylation is 1. The Labute approximate surface area is 127 Å². The SMILES string of the molecule is Cc1ccc(N)cc1NC(=O)C(C)N(C)CC1CCCC1. The number of rotatable bonds is 5. The molecular weight excluding hydrogens is 262 g/mol. The van der Waals surface area contributed by atoms with E-state index < -0.39 is 0 Å². The van der Waals surface area contributed by atoms with Crippen LogP contribution in [-0.2, 0) is 4.79 Å². The molecule has 2 rings (SSSR count). The van der Waals surface area contributed by atoms with Crippen LogP contribution in [-0.4, -0.2) is 30.4 Å². The Kier molecular flexibility index (Phi) is 5.23. The zero-order valence-electron chi connectivity index (χ0n) is 13.4. The molecule has 1 aromatic rings. The molecule has 4 heteroatoms. The van der Waals surface area contributed by atoms with E-state index in [4.69, 9.17) is 5.73 Å². The Morgan fingerprint density at radius 3 is 2.76 bits per heavy atom. The molecule has 116 valence electrons. The third-order valence-corrected chi connectivity index (χ3v) is 4.58. The molecule has 1 atom stereocenters. The quantitative estimate of drug-likeness (QED) is 0.819. The molecule has 0 aromatic heterocycles. The minimum Gasteiger partial charge on any atom is -0.399 e. The second-order valence-electron chi connectivity index (χ2n) is 6.33. The molecule has 3 N–H and O–H groups in total. The summed E-state index contributed by atoms with van der Waals surface area (Å²) < 4.78 is 0. The van der Waals surface area contributed by atoms with Crippen molar-refractivity contribution in [3.05, 3.63) is 23.8 Å². The number of benzene rings is 1. The Hall–Kier alpha value is -1.55. The van der Waals surface area contributed by atoms with Crippen LogP contribution in [0.15, 0.2) is 18.2 Å². The monoisotopic (exact) mass is 289 g/mol. The van der Waals surface area contributed by atoms with Crippen molar-refractivity contribution >= 4 is 17.3 Å². The van der Waals surface area contributed by atoms with Gasteiger partial charge in [-0.1, -0.05) is 18.9 Å². The molecule has 0 spiro atoms. The van der Waals surface area contributed by atoms with Gasteiger partial charge in [-0.25, -0.2) is 0 Å². The van der Waals surface area contributed by atoms with Crippen molar-refractivity contribution in [2.45, 2.75) is 45.6 Å². The number of anilines is 2. The van der Waals surface area contributed by atoms with E-state index >= 15 is 0 Å². The molecule has 0 heterocycles. The highest BCUT2D eigenvalue weighted by Crippen LogP contribution is 2.26. The fourth-order valence-corrected chi connectivity index (χ4v) is 2.97. The summed E-state index contributed by atoms with van der Waals surface area (Å²) in [6.45, 7) is 4.94. The number of nitrogens with zero attached hydrogens (tertiary/aromatic N) is 1. The van der Waals surface area contributed by atoms with Crippen molar-refractivity contribution in [1.29, 1.82) is 0 Å². The van der Waals surface area contributed by atoms with E-state index in [1.807, 2.05) is 39.1 Å². The first-order valence-corrected chi connectivity index (χ1v) is 7.84. The lowest BCUT2D eigenvalue weighted by Crippen LogP contribution is -2.41. The van der Waals surface area contributed by atoms with Gasteiger partial charge in [-0.05, 0) is 57.4 Å². The third-order valence-electron chi connectivity index (χ3n) is 4.58. The van der Waals surface area contributed by atoms with Crippen LogP contribution in [0, 0.1) is 12.8 Å². The van der Waals surface area contributed by atoms with Gasteiger partial charge in [0.1, 0.15) is 0 Å². The standard InChI is InChI=1S/C17H27N3O/c1-12-8-9-15(18)10-16(12)19-17(21)13(2)20(3)11-14-6-4-5-7-14/h8-10,13-14H,4-7,11,18H2,1-3H3,(H,19,21). The van der Waals surface area contributed by atoms with Crippen molar-refractivity contribution in [2.24, 2.45) is 5.92 Å². The minimum absolute atomic E-state index is 0.0317. The normalized spacial score (nSPS) is 17.1. The molecule has 0 saturated heterocycles. The summed E-state index contributed by atoms with van der Waals surface area (Å²) in [4.78, 5) is 14.6. The lowest BCUT2D eigenvalue weighted by molar-refractivity contribution is -0.120. The summed E-state index contributed by atoms with van der Waals surface area (Å²) in [7, 11) is 2.04. The summed E-state index contributed by atoms with van der Waals surface area (Å²) in [6, 6.07) is 5.46. The average Bonchev–Trinajstić information content (AvgIpc) is 2.94. The van der Waals surface area contributed by atoms with Gasteiger partial charge < -0.3 is 11.1 Å². The number of nitrogen functional groups attached to an aromatic ring is 1. The van der Waals surface area contributed by atoms with Gasteiger partial charge in [-0.2, -0.15) is 0 Å². The van der Waals surface area contributed by atoms with Crippen LogP contribution in [0.3, 0.4) is 0 Å². The van der Waals surface area contributed by atoms with Gasteiger partial charge in [0.2, 0.25) is 5.91 Å². The summed E-state index contributed by atoms with van der Waals surface area (Å²) in [6.07, 6.45) is 5.27. The van der Waals surface area contributed by atoms with Crippen LogP contribution in [0.25, 0.3) is 0 Å². The van der Waals surface area contributed by atoms with Crippen molar-refractivity contribution in [3.8, 4) is 0 Å². The molecular formula is C17H27N3O. The Morgan fingerprint density at radius 1 is 1.43 bits per heavy atom. The van der Waals surface area contributed by atoms with Crippen LogP contribution in [0.1, 0.15) is 38.2 Å². The highest BCUT2D eigenvalue weighted by Gasteiger charge is 2.23. The lowest BCUT2D eigenvalue weighted by atomic mass is 10.1. The van der Waals surface area contributed by atoms with Crippen molar-refractivity contribution in [3.63, 3.8) is 0 Å². The summed E-state index contributed by atoms with van der Waals surface area (Å²) in [5.41, 5.74) is 8.29. The number of amides is 1. The fourth-order valence-electron chi connectivity index (χ4n) is 2.97. The zero-order chi connectivity index (χ0) is 15.4. The molecule has 1 fully saturated rings. The molecule has 1 aromatic carbocycles. The minimum atomic E-state index is -0.133. The molecule has 21 heavy (non-hydrogen) atoms. The van der Waals surface area contributed by atoms with Crippen LogP contribution in [0.2, 0.25) is 0 Å². The maximum absolute atomic E-state index is 12.4. The molecule has 1 saturated carbocycles. The van der Waals surface area contributed by atoms with Crippen LogP contribution < -0.4 is 11.1 Å². The number of hydrogen-bond donors (Lipinski definition) is 2. The van der Waals surface area contributed by atoms with E-state index in [1.165, 1.54) is 25.7 Å². The second-order valence-corrected chi connectivity index (χ2v) is 6.33. The maximum atomic E-state index is 12.4. The molecule has 1 amide bonds. The zero-order valence-corrected chi connectivity index (χ0v) is 13.4. The molecule has 1 unspecified atom stereocenters. The first-order chi connectivity index (χ1) is 9.97. The van der Waals surface area contributed by atoms with Crippen LogP contribution in [0.5, 0.6) is 0 Å². The van der Waals surface area contributed by atoms with Crippen LogP contribution >= 0.6 is 0 Å². The van der Waals surface area contributed by atoms with Gasteiger partial charge in [0.05, 0.1) is 6.04 Å².